The van der Waals surface area contributed by atoms with Crippen molar-refractivity contribution in [3.63, 3.8) is 0 Å². The maximum atomic E-state index is 13.9. The van der Waals surface area contributed by atoms with E-state index in [2.05, 4.69) is 28.3 Å². The van der Waals surface area contributed by atoms with Crippen LogP contribution in [0, 0.1) is 5.82 Å². The van der Waals surface area contributed by atoms with Gasteiger partial charge in [0.15, 0.2) is 5.82 Å². The number of hydrogen-bond donors (Lipinski definition) is 0. The zero-order valence-corrected chi connectivity index (χ0v) is 13.7. The molecule has 1 aromatic heterocycles. The second-order valence-corrected chi connectivity index (χ2v) is 5.93. The molecule has 5 heteroatoms. The van der Waals surface area contributed by atoms with Crippen molar-refractivity contribution in [3.05, 3.63) is 29.8 Å². The third kappa shape index (κ3) is 3.55. The maximum absolute atomic E-state index is 13.9. The van der Waals surface area contributed by atoms with Gasteiger partial charge in [0.25, 0.3) is 0 Å². The Balaban J connectivity index is 2.32. The van der Waals surface area contributed by atoms with E-state index in [1.54, 1.807) is 6.07 Å². The lowest BCUT2D eigenvalue weighted by Gasteiger charge is -2.21. The Morgan fingerprint density at radius 3 is 2.71 bits per heavy atom. The molecule has 0 fully saturated rings. The quantitative estimate of drug-likeness (QED) is 0.714. The summed E-state index contributed by atoms with van der Waals surface area (Å²) in [7, 11) is 0. The van der Waals surface area contributed by atoms with Crippen molar-refractivity contribution in [1.29, 1.82) is 0 Å². The van der Waals surface area contributed by atoms with E-state index in [1.165, 1.54) is 6.07 Å². The molecule has 0 aliphatic rings. The molecule has 1 heterocycles. The molecular weight excluding hydrogens is 289 g/mol. The van der Waals surface area contributed by atoms with Crippen LogP contribution in [0.15, 0.2) is 18.2 Å². The zero-order chi connectivity index (χ0) is 15.4. The lowest BCUT2D eigenvalue weighted by Crippen LogP contribution is -2.28. The van der Waals surface area contributed by atoms with Crippen LogP contribution in [0.25, 0.3) is 11.0 Å². The molecule has 0 radical (unpaired) electrons. The Morgan fingerprint density at radius 2 is 2.10 bits per heavy atom. The van der Waals surface area contributed by atoms with Gasteiger partial charge in [-0.2, -0.15) is 0 Å². The number of benzene rings is 1. The lowest BCUT2D eigenvalue weighted by molar-refractivity contribution is 0.276. The van der Waals surface area contributed by atoms with Crippen LogP contribution in [0.1, 0.15) is 38.4 Å². The molecule has 0 N–H and O–H groups in total. The fraction of sp³-hybridized carbons (Fsp3) is 0.562. The molecule has 3 nitrogen and oxygen atoms in total. The van der Waals surface area contributed by atoms with Gasteiger partial charge in [-0.15, -0.1) is 11.6 Å². The highest BCUT2D eigenvalue weighted by atomic mass is 35.5. The Morgan fingerprint density at radius 1 is 1.33 bits per heavy atom. The largest absolute Gasteiger partial charge is 0.325 e. The lowest BCUT2D eigenvalue weighted by atomic mass is 10.3. The summed E-state index contributed by atoms with van der Waals surface area (Å²) in [5, 5.41) is -0.238. The summed E-state index contributed by atoms with van der Waals surface area (Å²) in [4.78, 5) is 6.78. The van der Waals surface area contributed by atoms with Gasteiger partial charge < -0.3 is 9.47 Å². The number of likely N-dealkylation sites (N-methyl/N-ethyl adjacent to an activating group) is 1. The number of halogens is 2. The smallest absolute Gasteiger partial charge is 0.151 e. The molecular formula is C16H23ClFN3. The maximum Gasteiger partial charge on any atom is 0.151 e. The van der Waals surface area contributed by atoms with Crippen molar-refractivity contribution in [3.8, 4) is 0 Å². The molecule has 0 spiro atoms. The fourth-order valence-electron chi connectivity index (χ4n) is 2.66. The Kier molecular flexibility index (Phi) is 5.59. The average molecular weight is 312 g/mol. The Hall–Kier alpha value is -1.13. The first-order valence-corrected chi connectivity index (χ1v) is 8.03. The first-order valence-electron chi connectivity index (χ1n) is 7.59. The number of aromatic nitrogens is 2. The van der Waals surface area contributed by atoms with Gasteiger partial charge in [-0.05, 0) is 38.6 Å². The summed E-state index contributed by atoms with van der Waals surface area (Å²) in [5.74, 6) is 0.454. The van der Waals surface area contributed by atoms with Crippen molar-refractivity contribution in [2.45, 2.75) is 39.1 Å². The Bertz CT molecular complexity index is 594. The molecule has 116 valence electrons. The number of para-hydroxylation sites is 1. The van der Waals surface area contributed by atoms with E-state index in [-0.39, 0.29) is 11.2 Å². The zero-order valence-electron chi connectivity index (χ0n) is 12.9. The molecule has 0 amide bonds. The molecule has 2 rings (SSSR count). The predicted octanol–water partition coefficient (Wildman–Crippen LogP) is 4.21. The molecule has 0 aliphatic carbocycles. The topological polar surface area (TPSA) is 21.1 Å². The first kappa shape index (κ1) is 16.2. The molecule has 0 aliphatic heterocycles. The second-order valence-electron chi connectivity index (χ2n) is 5.28. The number of hydrogen-bond acceptors (Lipinski definition) is 2. The van der Waals surface area contributed by atoms with E-state index in [4.69, 9.17) is 11.6 Å². The molecule has 1 unspecified atom stereocenters. The van der Waals surface area contributed by atoms with Crippen molar-refractivity contribution >= 4 is 22.6 Å². The van der Waals surface area contributed by atoms with Crippen molar-refractivity contribution in [2.75, 3.05) is 19.6 Å². The van der Waals surface area contributed by atoms with Gasteiger partial charge in [-0.1, -0.05) is 19.9 Å². The number of nitrogens with zero attached hydrogens (tertiary/aromatic N) is 3. The van der Waals surface area contributed by atoms with Crippen molar-refractivity contribution in [2.24, 2.45) is 0 Å². The molecule has 2 aromatic rings. The fourth-order valence-corrected chi connectivity index (χ4v) is 2.82. The Labute approximate surface area is 130 Å². The molecule has 1 aromatic carbocycles. The van der Waals surface area contributed by atoms with Crippen LogP contribution in [-0.2, 0) is 6.54 Å². The van der Waals surface area contributed by atoms with E-state index in [9.17, 15) is 4.39 Å². The highest BCUT2D eigenvalue weighted by molar-refractivity contribution is 6.20. The van der Waals surface area contributed by atoms with Crippen LogP contribution in [0.3, 0.4) is 0 Å². The van der Waals surface area contributed by atoms with Crippen molar-refractivity contribution in [1.82, 2.24) is 14.5 Å². The second kappa shape index (κ2) is 7.23. The van der Waals surface area contributed by atoms with E-state index in [0.29, 0.717) is 5.52 Å². The third-order valence-electron chi connectivity index (χ3n) is 3.74. The number of rotatable bonds is 7. The van der Waals surface area contributed by atoms with E-state index < -0.39 is 0 Å². The van der Waals surface area contributed by atoms with Gasteiger partial charge >= 0.3 is 0 Å². The van der Waals surface area contributed by atoms with Crippen LogP contribution in [0.5, 0.6) is 0 Å². The standard InChI is InChI=1S/C16H23ClFN3/c1-4-9-20(5-2)10-11-21-14-8-6-7-13(18)15(14)19-16(21)12(3)17/h6-8,12H,4-5,9-11H2,1-3H3. The number of imidazole rings is 1. The molecule has 0 saturated heterocycles. The first-order chi connectivity index (χ1) is 10.1. The van der Waals surface area contributed by atoms with Crippen LogP contribution in [-0.4, -0.2) is 34.1 Å². The van der Waals surface area contributed by atoms with E-state index in [1.807, 2.05) is 13.0 Å². The van der Waals surface area contributed by atoms with Gasteiger partial charge in [0.05, 0.1) is 10.9 Å². The number of fused-ring (bicyclic) bond motifs is 1. The van der Waals surface area contributed by atoms with E-state index >= 15 is 0 Å². The summed E-state index contributed by atoms with van der Waals surface area (Å²) in [6.07, 6.45) is 1.13. The van der Waals surface area contributed by atoms with Gasteiger partial charge in [-0.3, -0.25) is 0 Å². The van der Waals surface area contributed by atoms with Crippen molar-refractivity contribution < 1.29 is 4.39 Å². The SMILES string of the molecule is CCCN(CC)CCn1c(C(C)Cl)nc2c(F)cccc21. The minimum atomic E-state index is -0.286. The molecule has 0 saturated carbocycles. The monoisotopic (exact) mass is 311 g/mol. The average Bonchev–Trinajstić information content (AvgIpc) is 2.84. The van der Waals surface area contributed by atoms with Crippen LogP contribution in [0.2, 0.25) is 0 Å². The minimum absolute atomic E-state index is 0.238. The van der Waals surface area contributed by atoms with Gasteiger partial charge in [0, 0.05) is 13.1 Å². The predicted molar refractivity (Wildman–Crippen MR) is 86.4 cm³/mol. The molecule has 21 heavy (non-hydrogen) atoms. The summed E-state index contributed by atoms with van der Waals surface area (Å²) < 4.78 is 15.9. The van der Waals surface area contributed by atoms with Crippen LogP contribution < -0.4 is 0 Å². The molecule has 0 bridgehead atoms. The third-order valence-corrected chi connectivity index (χ3v) is 3.94. The van der Waals surface area contributed by atoms with Gasteiger partial charge in [0.2, 0.25) is 0 Å². The number of alkyl halides is 1. The van der Waals surface area contributed by atoms with Crippen LogP contribution >= 0.6 is 11.6 Å². The highest BCUT2D eigenvalue weighted by Crippen LogP contribution is 2.26. The summed E-state index contributed by atoms with van der Waals surface area (Å²) >= 11 is 6.22. The minimum Gasteiger partial charge on any atom is -0.325 e. The van der Waals surface area contributed by atoms with Gasteiger partial charge in [0.1, 0.15) is 11.3 Å². The summed E-state index contributed by atoms with van der Waals surface area (Å²) in [5.41, 5.74) is 1.24. The normalized spacial score (nSPS) is 13.2. The summed E-state index contributed by atoms with van der Waals surface area (Å²) in [6, 6.07) is 5.07. The summed E-state index contributed by atoms with van der Waals surface area (Å²) in [6.45, 7) is 10.00. The molecule has 1 atom stereocenters. The van der Waals surface area contributed by atoms with E-state index in [0.717, 1.165) is 43.9 Å². The van der Waals surface area contributed by atoms with Crippen LogP contribution in [0.4, 0.5) is 4.39 Å². The highest BCUT2D eigenvalue weighted by Gasteiger charge is 2.17. The van der Waals surface area contributed by atoms with Gasteiger partial charge in [-0.25, -0.2) is 9.37 Å².